The highest BCUT2D eigenvalue weighted by molar-refractivity contribution is 5.70. The summed E-state index contributed by atoms with van der Waals surface area (Å²) in [6, 6.07) is 17.7. The van der Waals surface area contributed by atoms with E-state index >= 15 is 0 Å². The van der Waals surface area contributed by atoms with Crippen molar-refractivity contribution in [2.45, 2.75) is 6.92 Å². The SMILES string of the molecule is Cc1cnnn1-c1ccc(Nc2nccc(-c3cc(C#N)cc(N4CCOCC4)c3)n2)cc1. The van der Waals surface area contributed by atoms with Crippen molar-refractivity contribution in [3.8, 4) is 23.0 Å². The Morgan fingerprint density at radius 2 is 1.85 bits per heavy atom. The Balaban J connectivity index is 1.39. The summed E-state index contributed by atoms with van der Waals surface area (Å²) in [6.45, 7) is 4.92. The first-order chi connectivity index (χ1) is 16.2. The zero-order valence-electron chi connectivity index (χ0n) is 18.1. The summed E-state index contributed by atoms with van der Waals surface area (Å²) in [7, 11) is 0. The lowest BCUT2D eigenvalue weighted by molar-refractivity contribution is 0.122. The summed E-state index contributed by atoms with van der Waals surface area (Å²) in [5.41, 5.74) is 5.96. The molecule has 2 aromatic carbocycles. The fourth-order valence-corrected chi connectivity index (χ4v) is 3.76. The third kappa shape index (κ3) is 4.51. The smallest absolute Gasteiger partial charge is 0.227 e. The molecule has 0 spiro atoms. The van der Waals surface area contributed by atoms with Crippen LogP contribution in [-0.4, -0.2) is 51.3 Å². The molecule has 1 fully saturated rings. The maximum absolute atomic E-state index is 9.54. The summed E-state index contributed by atoms with van der Waals surface area (Å²) < 4.78 is 7.23. The van der Waals surface area contributed by atoms with E-state index in [1.54, 1.807) is 17.1 Å². The summed E-state index contributed by atoms with van der Waals surface area (Å²) in [4.78, 5) is 11.3. The van der Waals surface area contributed by atoms with Gasteiger partial charge in [0.15, 0.2) is 0 Å². The fraction of sp³-hybridized carbons (Fsp3) is 0.208. The third-order valence-electron chi connectivity index (χ3n) is 5.46. The molecule has 5 rings (SSSR count). The highest BCUT2D eigenvalue weighted by Gasteiger charge is 2.14. The average molecular weight is 438 g/mol. The van der Waals surface area contributed by atoms with Gasteiger partial charge in [-0.3, -0.25) is 0 Å². The zero-order valence-corrected chi connectivity index (χ0v) is 18.1. The standard InChI is InChI=1S/C24H22N8O/c1-17-16-27-30-32(17)21-4-2-20(3-5-21)28-24-26-7-6-23(29-24)19-12-18(15-25)13-22(14-19)31-8-10-33-11-9-31/h2-7,12-14,16H,8-11H2,1H3,(H,26,28,29). The largest absolute Gasteiger partial charge is 0.378 e. The van der Waals surface area contributed by atoms with Crippen LogP contribution in [-0.2, 0) is 4.74 Å². The monoisotopic (exact) mass is 438 g/mol. The van der Waals surface area contributed by atoms with Crippen LogP contribution in [0.2, 0.25) is 0 Å². The normalized spacial score (nSPS) is 13.5. The number of benzene rings is 2. The Morgan fingerprint density at radius 3 is 2.58 bits per heavy atom. The molecule has 0 unspecified atom stereocenters. The molecule has 33 heavy (non-hydrogen) atoms. The Kier molecular flexibility index (Phi) is 5.66. The number of aromatic nitrogens is 5. The molecule has 0 atom stereocenters. The minimum Gasteiger partial charge on any atom is -0.378 e. The van der Waals surface area contributed by atoms with E-state index in [4.69, 9.17) is 4.74 Å². The molecule has 0 radical (unpaired) electrons. The number of hydrogen-bond acceptors (Lipinski definition) is 8. The average Bonchev–Trinajstić information content (AvgIpc) is 3.30. The van der Waals surface area contributed by atoms with Gasteiger partial charge in [-0.05, 0) is 55.5 Å². The molecule has 164 valence electrons. The van der Waals surface area contributed by atoms with Crippen molar-refractivity contribution in [1.29, 1.82) is 5.26 Å². The van der Waals surface area contributed by atoms with Gasteiger partial charge in [-0.25, -0.2) is 14.6 Å². The Morgan fingerprint density at radius 1 is 1.03 bits per heavy atom. The van der Waals surface area contributed by atoms with Crippen LogP contribution in [0.3, 0.4) is 0 Å². The van der Waals surface area contributed by atoms with Crippen molar-refractivity contribution in [1.82, 2.24) is 25.0 Å². The van der Waals surface area contributed by atoms with Gasteiger partial charge >= 0.3 is 0 Å². The van der Waals surface area contributed by atoms with Gasteiger partial charge in [-0.2, -0.15) is 5.26 Å². The number of nitriles is 1. The molecular formula is C24H22N8O. The number of rotatable bonds is 5. The van der Waals surface area contributed by atoms with Gasteiger partial charge < -0.3 is 15.0 Å². The van der Waals surface area contributed by atoms with Crippen LogP contribution in [0, 0.1) is 18.3 Å². The van der Waals surface area contributed by atoms with Crippen LogP contribution in [0.25, 0.3) is 16.9 Å². The van der Waals surface area contributed by atoms with Gasteiger partial charge in [0.05, 0.1) is 48.1 Å². The van der Waals surface area contributed by atoms with E-state index in [-0.39, 0.29) is 0 Å². The molecule has 2 aromatic heterocycles. The fourth-order valence-electron chi connectivity index (χ4n) is 3.76. The van der Waals surface area contributed by atoms with E-state index in [0.29, 0.717) is 24.7 Å². The van der Waals surface area contributed by atoms with Gasteiger partial charge in [-0.1, -0.05) is 5.21 Å². The lowest BCUT2D eigenvalue weighted by atomic mass is 10.1. The molecule has 1 N–H and O–H groups in total. The summed E-state index contributed by atoms with van der Waals surface area (Å²) in [5.74, 6) is 0.479. The first kappa shape index (κ1) is 20.6. The van der Waals surface area contributed by atoms with Crippen molar-refractivity contribution in [2.75, 3.05) is 36.5 Å². The van der Waals surface area contributed by atoms with Crippen molar-refractivity contribution in [3.63, 3.8) is 0 Å². The molecule has 9 heteroatoms. The van der Waals surface area contributed by atoms with E-state index in [0.717, 1.165) is 47.1 Å². The molecule has 3 heterocycles. The highest BCUT2D eigenvalue weighted by Crippen LogP contribution is 2.27. The van der Waals surface area contributed by atoms with Gasteiger partial charge in [0.2, 0.25) is 5.95 Å². The third-order valence-corrected chi connectivity index (χ3v) is 5.46. The lowest BCUT2D eigenvalue weighted by Gasteiger charge is -2.29. The maximum Gasteiger partial charge on any atom is 0.227 e. The molecule has 1 aliphatic rings. The van der Waals surface area contributed by atoms with Gasteiger partial charge in [0, 0.05) is 36.2 Å². The molecule has 0 saturated carbocycles. The Hall–Kier alpha value is -4.29. The first-order valence-corrected chi connectivity index (χ1v) is 10.7. The zero-order chi connectivity index (χ0) is 22.6. The molecular weight excluding hydrogens is 416 g/mol. The van der Waals surface area contributed by atoms with Crippen molar-refractivity contribution in [3.05, 3.63) is 72.2 Å². The predicted molar refractivity (Wildman–Crippen MR) is 125 cm³/mol. The van der Waals surface area contributed by atoms with Crippen LogP contribution in [0.5, 0.6) is 0 Å². The van der Waals surface area contributed by atoms with Crippen LogP contribution in [0.1, 0.15) is 11.3 Å². The number of nitrogens with one attached hydrogen (secondary N) is 1. The van der Waals surface area contributed by atoms with E-state index in [2.05, 4.69) is 42.6 Å². The van der Waals surface area contributed by atoms with Gasteiger partial charge in [-0.15, -0.1) is 5.10 Å². The van der Waals surface area contributed by atoms with Crippen LogP contribution in [0.15, 0.2) is 60.9 Å². The quantitative estimate of drug-likeness (QED) is 0.505. The van der Waals surface area contributed by atoms with Crippen molar-refractivity contribution in [2.24, 2.45) is 0 Å². The molecule has 1 saturated heterocycles. The molecule has 1 aliphatic heterocycles. The Bertz CT molecular complexity index is 1300. The molecule has 0 bridgehead atoms. The van der Waals surface area contributed by atoms with Crippen molar-refractivity contribution < 1.29 is 4.74 Å². The van der Waals surface area contributed by atoms with E-state index in [1.165, 1.54) is 0 Å². The molecule has 0 amide bonds. The van der Waals surface area contributed by atoms with Crippen molar-refractivity contribution >= 4 is 17.3 Å². The minimum atomic E-state index is 0.479. The number of anilines is 3. The summed E-state index contributed by atoms with van der Waals surface area (Å²) >= 11 is 0. The molecule has 0 aliphatic carbocycles. The second kappa shape index (κ2) is 9.06. The number of ether oxygens (including phenoxy) is 1. The predicted octanol–water partition coefficient (Wildman–Crippen LogP) is 3.48. The van der Waals surface area contributed by atoms with E-state index < -0.39 is 0 Å². The topological polar surface area (TPSA) is 105 Å². The number of aryl methyl sites for hydroxylation is 1. The van der Waals surface area contributed by atoms with Gasteiger partial charge in [0.25, 0.3) is 0 Å². The molecule has 9 nitrogen and oxygen atoms in total. The number of morpholine rings is 1. The van der Waals surface area contributed by atoms with Crippen LogP contribution >= 0.6 is 0 Å². The lowest BCUT2D eigenvalue weighted by Crippen LogP contribution is -2.36. The van der Waals surface area contributed by atoms with Gasteiger partial charge in [0.1, 0.15) is 0 Å². The number of nitrogens with zero attached hydrogens (tertiary/aromatic N) is 7. The van der Waals surface area contributed by atoms with Crippen LogP contribution in [0.4, 0.5) is 17.3 Å². The van der Waals surface area contributed by atoms with E-state index in [9.17, 15) is 5.26 Å². The summed E-state index contributed by atoms with van der Waals surface area (Å²) in [5, 5.41) is 20.8. The Labute approximate surface area is 191 Å². The molecule has 4 aromatic rings. The maximum atomic E-state index is 9.54. The first-order valence-electron chi connectivity index (χ1n) is 10.7. The highest BCUT2D eigenvalue weighted by atomic mass is 16.5. The second-order valence-corrected chi connectivity index (χ2v) is 7.70. The number of hydrogen-bond donors (Lipinski definition) is 1. The van der Waals surface area contributed by atoms with Crippen LogP contribution < -0.4 is 10.2 Å². The minimum absolute atomic E-state index is 0.479. The second-order valence-electron chi connectivity index (χ2n) is 7.70. The van der Waals surface area contributed by atoms with E-state index in [1.807, 2.05) is 49.4 Å². The summed E-state index contributed by atoms with van der Waals surface area (Å²) in [6.07, 6.45) is 3.43.